The first-order valence-corrected chi connectivity index (χ1v) is 8.60. The van der Waals surface area contributed by atoms with E-state index in [1.54, 1.807) is 24.3 Å². The number of likely N-dealkylation sites (tertiary alicyclic amines) is 1. The van der Waals surface area contributed by atoms with Gasteiger partial charge in [0, 0.05) is 25.7 Å². The summed E-state index contributed by atoms with van der Waals surface area (Å²) in [7, 11) is 0. The van der Waals surface area contributed by atoms with Gasteiger partial charge in [-0.15, -0.1) is 0 Å². The minimum atomic E-state index is -1.17. The maximum Gasteiger partial charge on any atom is 0.253 e. The molecule has 1 aliphatic rings. The van der Waals surface area contributed by atoms with Gasteiger partial charge in [0.25, 0.3) is 5.91 Å². The summed E-state index contributed by atoms with van der Waals surface area (Å²) in [6.45, 7) is 1.74. The SMILES string of the molecule is O=C(NCC1CC(O)CN1Cc1ccccc1)C(O)c1ccccc1. The monoisotopic (exact) mass is 340 g/mol. The zero-order valence-electron chi connectivity index (χ0n) is 14.1. The van der Waals surface area contributed by atoms with Crippen molar-refractivity contribution in [3.05, 3.63) is 71.8 Å². The van der Waals surface area contributed by atoms with E-state index in [1.165, 1.54) is 5.56 Å². The van der Waals surface area contributed by atoms with E-state index in [0.717, 1.165) is 6.54 Å². The van der Waals surface area contributed by atoms with E-state index >= 15 is 0 Å². The average Bonchev–Trinajstić information content (AvgIpc) is 3.00. The lowest BCUT2D eigenvalue weighted by Crippen LogP contribution is -2.41. The molecule has 25 heavy (non-hydrogen) atoms. The number of benzene rings is 2. The Morgan fingerprint density at radius 1 is 1.12 bits per heavy atom. The van der Waals surface area contributed by atoms with Crippen LogP contribution in [0.25, 0.3) is 0 Å². The molecule has 2 aromatic rings. The van der Waals surface area contributed by atoms with Gasteiger partial charge in [0.05, 0.1) is 6.10 Å². The molecular weight excluding hydrogens is 316 g/mol. The van der Waals surface area contributed by atoms with Crippen molar-refractivity contribution in [2.75, 3.05) is 13.1 Å². The normalized spacial score (nSPS) is 21.8. The van der Waals surface area contributed by atoms with Crippen molar-refractivity contribution in [3.63, 3.8) is 0 Å². The third kappa shape index (κ3) is 4.66. The van der Waals surface area contributed by atoms with Gasteiger partial charge in [0.2, 0.25) is 0 Å². The van der Waals surface area contributed by atoms with Crippen LogP contribution in [0.1, 0.15) is 23.7 Å². The predicted molar refractivity (Wildman–Crippen MR) is 95.7 cm³/mol. The molecule has 3 N–H and O–H groups in total. The number of aliphatic hydroxyl groups is 2. The van der Waals surface area contributed by atoms with Gasteiger partial charge in [-0.25, -0.2) is 0 Å². The van der Waals surface area contributed by atoms with E-state index in [0.29, 0.717) is 25.1 Å². The van der Waals surface area contributed by atoms with Crippen molar-refractivity contribution < 1.29 is 15.0 Å². The lowest BCUT2D eigenvalue weighted by Gasteiger charge is -2.25. The highest BCUT2D eigenvalue weighted by atomic mass is 16.3. The molecule has 3 atom stereocenters. The molecule has 5 heteroatoms. The molecule has 3 rings (SSSR count). The summed E-state index contributed by atoms with van der Waals surface area (Å²) in [5.41, 5.74) is 1.75. The molecule has 0 aliphatic carbocycles. The number of nitrogens with zero attached hydrogens (tertiary/aromatic N) is 1. The molecule has 3 unspecified atom stereocenters. The van der Waals surface area contributed by atoms with Gasteiger partial charge in [-0.05, 0) is 17.5 Å². The van der Waals surface area contributed by atoms with Crippen LogP contribution in [0.15, 0.2) is 60.7 Å². The van der Waals surface area contributed by atoms with Crippen LogP contribution in [-0.4, -0.2) is 46.3 Å². The molecule has 0 aromatic heterocycles. The standard InChI is InChI=1S/C20H24N2O3/c23-18-11-17(22(14-18)13-15-7-3-1-4-8-15)12-21-20(25)19(24)16-9-5-2-6-10-16/h1-10,17-19,23-24H,11-14H2,(H,21,25). The number of carbonyl (C=O) groups is 1. The Morgan fingerprint density at radius 2 is 1.76 bits per heavy atom. The van der Waals surface area contributed by atoms with Crippen LogP contribution >= 0.6 is 0 Å². The molecule has 0 saturated carbocycles. The topological polar surface area (TPSA) is 72.8 Å². The summed E-state index contributed by atoms with van der Waals surface area (Å²) in [6, 6.07) is 19.0. The summed E-state index contributed by atoms with van der Waals surface area (Å²) in [5.74, 6) is -0.410. The minimum Gasteiger partial charge on any atom is -0.392 e. The van der Waals surface area contributed by atoms with Crippen LogP contribution < -0.4 is 5.32 Å². The van der Waals surface area contributed by atoms with E-state index in [-0.39, 0.29) is 12.1 Å². The van der Waals surface area contributed by atoms with E-state index < -0.39 is 12.0 Å². The van der Waals surface area contributed by atoms with Crippen molar-refractivity contribution in [1.82, 2.24) is 10.2 Å². The minimum absolute atomic E-state index is 0.0575. The molecule has 0 spiro atoms. The highest BCUT2D eigenvalue weighted by Crippen LogP contribution is 2.20. The second-order valence-corrected chi connectivity index (χ2v) is 6.52. The number of nitrogens with one attached hydrogen (secondary N) is 1. The van der Waals surface area contributed by atoms with Crippen LogP contribution in [0.3, 0.4) is 0 Å². The summed E-state index contributed by atoms with van der Waals surface area (Å²) in [6.07, 6.45) is -0.936. The molecule has 1 aliphatic heterocycles. The first kappa shape index (κ1) is 17.6. The Bertz CT molecular complexity index is 678. The first-order valence-electron chi connectivity index (χ1n) is 8.60. The maximum absolute atomic E-state index is 12.2. The lowest BCUT2D eigenvalue weighted by atomic mass is 10.1. The van der Waals surface area contributed by atoms with Crippen molar-refractivity contribution in [3.8, 4) is 0 Å². The largest absolute Gasteiger partial charge is 0.392 e. The fraction of sp³-hybridized carbons (Fsp3) is 0.350. The summed E-state index contributed by atoms with van der Waals surface area (Å²) < 4.78 is 0. The average molecular weight is 340 g/mol. The summed E-state index contributed by atoms with van der Waals surface area (Å²) in [5, 5.41) is 23.0. The van der Waals surface area contributed by atoms with Crippen LogP contribution in [-0.2, 0) is 11.3 Å². The third-order valence-electron chi connectivity index (χ3n) is 4.61. The Morgan fingerprint density at radius 3 is 2.44 bits per heavy atom. The Balaban J connectivity index is 1.56. The molecule has 1 heterocycles. The van der Waals surface area contributed by atoms with Crippen molar-refractivity contribution in [2.24, 2.45) is 0 Å². The number of hydrogen-bond donors (Lipinski definition) is 3. The second kappa shape index (κ2) is 8.25. The molecule has 0 bridgehead atoms. The highest BCUT2D eigenvalue weighted by molar-refractivity contribution is 5.81. The molecular formula is C20H24N2O3. The number of hydrogen-bond acceptors (Lipinski definition) is 4. The first-order chi connectivity index (χ1) is 12.1. The van der Waals surface area contributed by atoms with Crippen LogP contribution in [0, 0.1) is 0 Å². The van der Waals surface area contributed by atoms with Crippen molar-refractivity contribution in [2.45, 2.75) is 31.2 Å². The Hall–Kier alpha value is -2.21. The number of rotatable bonds is 6. The van der Waals surface area contributed by atoms with Crippen LogP contribution in [0.2, 0.25) is 0 Å². The van der Waals surface area contributed by atoms with Gasteiger partial charge in [0.1, 0.15) is 0 Å². The smallest absolute Gasteiger partial charge is 0.253 e. The van der Waals surface area contributed by atoms with Crippen LogP contribution in [0.4, 0.5) is 0 Å². The summed E-state index contributed by atoms with van der Waals surface area (Å²) in [4.78, 5) is 14.4. The van der Waals surface area contributed by atoms with Gasteiger partial charge < -0.3 is 15.5 Å². The number of carbonyl (C=O) groups excluding carboxylic acids is 1. The zero-order chi connectivity index (χ0) is 17.6. The highest BCUT2D eigenvalue weighted by Gasteiger charge is 2.31. The van der Waals surface area contributed by atoms with Crippen LogP contribution in [0.5, 0.6) is 0 Å². The quantitative estimate of drug-likeness (QED) is 0.745. The fourth-order valence-corrected chi connectivity index (χ4v) is 3.28. The van der Waals surface area contributed by atoms with E-state index in [4.69, 9.17) is 0 Å². The number of aliphatic hydroxyl groups excluding tert-OH is 2. The van der Waals surface area contributed by atoms with Gasteiger partial charge in [-0.1, -0.05) is 60.7 Å². The molecule has 1 saturated heterocycles. The lowest BCUT2D eigenvalue weighted by molar-refractivity contribution is -0.129. The second-order valence-electron chi connectivity index (χ2n) is 6.52. The Kier molecular flexibility index (Phi) is 5.81. The van der Waals surface area contributed by atoms with Crippen molar-refractivity contribution in [1.29, 1.82) is 0 Å². The van der Waals surface area contributed by atoms with Crippen molar-refractivity contribution >= 4 is 5.91 Å². The third-order valence-corrected chi connectivity index (χ3v) is 4.61. The van der Waals surface area contributed by atoms with Gasteiger partial charge in [-0.2, -0.15) is 0 Å². The summed E-state index contributed by atoms with van der Waals surface area (Å²) >= 11 is 0. The molecule has 2 aromatic carbocycles. The molecule has 132 valence electrons. The van der Waals surface area contributed by atoms with Gasteiger partial charge in [0.15, 0.2) is 6.10 Å². The van der Waals surface area contributed by atoms with Gasteiger partial charge >= 0.3 is 0 Å². The van der Waals surface area contributed by atoms with E-state index in [9.17, 15) is 15.0 Å². The number of β-amino-alcohol motifs (C(OH)–C–C–N with tert-alkyl or cyclic N) is 1. The van der Waals surface area contributed by atoms with Gasteiger partial charge in [-0.3, -0.25) is 9.69 Å². The Labute approximate surface area is 147 Å². The number of amides is 1. The zero-order valence-corrected chi connectivity index (χ0v) is 14.1. The molecule has 1 fully saturated rings. The molecule has 0 radical (unpaired) electrons. The van der Waals surface area contributed by atoms with E-state index in [1.807, 2.05) is 24.3 Å². The maximum atomic E-state index is 12.2. The van der Waals surface area contributed by atoms with E-state index in [2.05, 4.69) is 22.3 Å². The predicted octanol–water partition coefficient (Wildman–Crippen LogP) is 1.47. The fourth-order valence-electron chi connectivity index (χ4n) is 3.28. The molecule has 1 amide bonds. The molecule has 5 nitrogen and oxygen atoms in total.